The summed E-state index contributed by atoms with van der Waals surface area (Å²) in [5.74, 6) is 0.503. The number of piperidine rings is 1. The topological polar surface area (TPSA) is 76.2 Å². The van der Waals surface area contributed by atoms with Gasteiger partial charge in [0.15, 0.2) is 12.1 Å². The normalized spacial score (nSPS) is 17.6. The van der Waals surface area contributed by atoms with Gasteiger partial charge in [-0.3, -0.25) is 4.79 Å². The highest BCUT2D eigenvalue weighted by molar-refractivity contribution is 7.89. The van der Waals surface area contributed by atoms with Crippen molar-refractivity contribution < 1.29 is 22.7 Å². The molecule has 210 valence electrons. The maximum Gasteiger partial charge on any atom is 0.244 e. The molecule has 0 atom stereocenters. The van der Waals surface area contributed by atoms with Crippen LogP contribution in [0, 0.1) is 0 Å². The molecule has 0 spiro atoms. The first kappa shape index (κ1) is 31.9. The lowest BCUT2D eigenvalue weighted by Gasteiger charge is -2.33. The van der Waals surface area contributed by atoms with Crippen molar-refractivity contribution in [3.8, 4) is 0 Å². The van der Waals surface area contributed by atoms with Gasteiger partial charge in [0.1, 0.15) is 0 Å². The average molecular weight is 545 g/mol. The second kappa shape index (κ2) is 16.6. The fourth-order valence-corrected chi connectivity index (χ4v) is 6.44. The van der Waals surface area contributed by atoms with E-state index in [1.807, 2.05) is 20.8 Å². The number of sulfonamides is 1. The quantitative estimate of drug-likeness (QED) is 0.313. The Kier molecular flexibility index (Phi) is 13.9. The minimum Gasteiger partial charge on any atom is -0.353 e. The van der Waals surface area contributed by atoms with Crippen LogP contribution in [0.5, 0.6) is 0 Å². The summed E-state index contributed by atoms with van der Waals surface area (Å²) in [7, 11) is -3.57. The molecule has 2 heterocycles. The Balaban J connectivity index is 0.000000437. The summed E-state index contributed by atoms with van der Waals surface area (Å²) in [5, 5.41) is 0. The third-order valence-electron chi connectivity index (χ3n) is 6.67. The highest BCUT2D eigenvalue weighted by Crippen LogP contribution is 2.28. The Morgan fingerprint density at radius 1 is 0.921 bits per heavy atom. The Morgan fingerprint density at radius 2 is 1.50 bits per heavy atom. The number of benzene rings is 2. The number of hydrogen-bond acceptors (Lipinski definition) is 6. The number of likely N-dealkylation sites (tertiary alicyclic amines) is 1. The van der Waals surface area contributed by atoms with E-state index in [4.69, 9.17) is 9.47 Å². The van der Waals surface area contributed by atoms with E-state index in [9.17, 15) is 13.2 Å². The number of fused-ring (bicyclic) bond motifs is 1. The molecule has 2 aliphatic rings. The molecule has 0 aromatic heterocycles. The van der Waals surface area contributed by atoms with Gasteiger partial charge in [0.2, 0.25) is 10.0 Å². The number of rotatable bonds is 9. The SMILES string of the molecule is C=C.CCOC(C)OCC.O=C1CN(CCCN2CCC(c3ccccc3)CC2)S(=O)(=O)c2ccccc21. The first-order valence-corrected chi connectivity index (χ1v) is 14.9. The first-order valence-electron chi connectivity index (χ1n) is 13.5. The molecule has 7 nitrogen and oxygen atoms in total. The second-order valence-corrected chi connectivity index (χ2v) is 11.0. The summed E-state index contributed by atoms with van der Waals surface area (Å²) in [6.07, 6.45) is 2.98. The van der Waals surface area contributed by atoms with Gasteiger partial charge >= 0.3 is 0 Å². The van der Waals surface area contributed by atoms with E-state index in [0.717, 1.165) is 52.1 Å². The maximum absolute atomic E-state index is 12.8. The van der Waals surface area contributed by atoms with E-state index in [2.05, 4.69) is 48.4 Å². The van der Waals surface area contributed by atoms with Crippen molar-refractivity contribution in [3.05, 3.63) is 78.9 Å². The van der Waals surface area contributed by atoms with Gasteiger partial charge in [-0.25, -0.2) is 8.42 Å². The van der Waals surface area contributed by atoms with Gasteiger partial charge in [0.25, 0.3) is 0 Å². The summed E-state index contributed by atoms with van der Waals surface area (Å²) >= 11 is 0. The zero-order chi connectivity index (χ0) is 28.0. The predicted octanol–water partition coefficient (Wildman–Crippen LogP) is 5.35. The molecule has 38 heavy (non-hydrogen) atoms. The minimum atomic E-state index is -3.57. The number of ketones is 1. The van der Waals surface area contributed by atoms with Crippen LogP contribution in [-0.4, -0.2) is 75.6 Å². The van der Waals surface area contributed by atoms with Crippen molar-refractivity contribution in [3.63, 3.8) is 0 Å². The standard InChI is InChI=1S/C22H26N2O3S.C6H14O2.C2H4/c25-21-17-24(28(26,27)22-10-5-4-9-20(21)22)14-6-13-23-15-11-19(12-16-23)18-7-2-1-3-8-18;1-4-7-6(3)8-5-2;1-2/h1-5,7-10,19H,6,11-17H2;6H,4-5H2,1-3H3;1-2H2. The monoisotopic (exact) mass is 544 g/mol. The van der Waals surface area contributed by atoms with E-state index in [1.165, 1.54) is 15.9 Å². The van der Waals surface area contributed by atoms with Gasteiger partial charge in [-0.1, -0.05) is 42.5 Å². The van der Waals surface area contributed by atoms with Crippen LogP contribution in [0.25, 0.3) is 0 Å². The zero-order valence-corrected chi connectivity index (χ0v) is 24.0. The molecule has 0 radical (unpaired) electrons. The third-order valence-corrected chi connectivity index (χ3v) is 8.57. The van der Waals surface area contributed by atoms with E-state index < -0.39 is 10.0 Å². The van der Waals surface area contributed by atoms with Crippen molar-refractivity contribution in [1.82, 2.24) is 9.21 Å². The summed E-state index contributed by atoms with van der Waals surface area (Å²) in [6, 6.07) is 17.2. The largest absolute Gasteiger partial charge is 0.353 e. The van der Waals surface area contributed by atoms with E-state index in [1.54, 1.807) is 18.2 Å². The third kappa shape index (κ3) is 9.13. The fraction of sp³-hybridized carbons (Fsp3) is 0.500. The van der Waals surface area contributed by atoms with Gasteiger partial charge in [0, 0.05) is 25.3 Å². The second-order valence-electron chi connectivity index (χ2n) is 9.12. The van der Waals surface area contributed by atoms with Crippen LogP contribution in [0.1, 0.15) is 61.9 Å². The van der Waals surface area contributed by atoms with Crippen LogP contribution in [0.4, 0.5) is 0 Å². The molecular formula is C30H44N2O5S. The number of ether oxygens (including phenoxy) is 2. The van der Waals surface area contributed by atoms with Crippen molar-refractivity contribution in [2.75, 3.05) is 45.9 Å². The highest BCUT2D eigenvalue weighted by Gasteiger charge is 2.35. The van der Waals surface area contributed by atoms with Gasteiger partial charge in [0.05, 0.1) is 11.4 Å². The van der Waals surface area contributed by atoms with Crippen LogP contribution >= 0.6 is 0 Å². The van der Waals surface area contributed by atoms with E-state index in [0.29, 0.717) is 18.0 Å². The predicted molar refractivity (Wildman–Crippen MR) is 153 cm³/mol. The van der Waals surface area contributed by atoms with Gasteiger partial charge in [-0.15, -0.1) is 13.2 Å². The maximum atomic E-state index is 12.8. The lowest BCUT2D eigenvalue weighted by molar-refractivity contribution is -0.123. The number of hydrogen-bond donors (Lipinski definition) is 0. The van der Waals surface area contributed by atoms with Crippen molar-refractivity contribution >= 4 is 15.8 Å². The van der Waals surface area contributed by atoms with Crippen LogP contribution < -0.4 is 0 Å². The summed E-state index contributed by atoms with van der Waals surface area (Å²) in [6.45, 7) is 16.5. The van der Waals surface area contributed by atoms with Gasteiger partial charge in [-0.05, 0) is 83.3 Å². The van der Waals surface area contributed by atoms with Crippen LogP contribution in [0.3, 0.4) is 0 Å². The van der Waals surface area contributed by atoms with Crippen LogP contribution in [0.15, 0.2) is 72.7 Å². The molecular weight excluding hydrogens is 500 g/mol. The Bertz CT molecular complexity index is 1060. The van der Waals surface area contributed by atoms with Crippen LogP contribution in [0.2, 0.25) is 0 Å². The first-order chi connectivity index (χ1) is 18.4. The lowest BCUT2D eigenvalue weighted by Crippen LogP contribution is -2.42. The molecule has 2 aromatic carbocycles. The summed E-state index contributed by atoms with van der Waals surface area (Å²) in [5.41, 5.74) is 1.74. The smallest absolute Gasteiger partial charge is 0.244 e. The lowest BCUT2D eigenvalue weighted by atomic mass is 9.89. The number of nitrogens with zero attached hydrogens (tertiary/aromatic N) is 2. The van der Waals surface area contributed by atoms with Crippen molar-refractivity contribution in [2.45, 2.75) is 57.1 Å². The van der Waals surface area contributed by atoms with Gasteiger partial charge < -0.3 is 14.4 Å². The molecule has 2 aliphatic heterocycles. The number of Topliss-reactive ketones (excluding diaryl/α,β-unsaturated/α-hetero) is 1. The molecule has 0 saturated carbocycles. The molecule has 2 aromatic rings. The van der Waals surface area contributed by atoms with E-state index >= 15 is 0 Å². The van der Waals surface area contributed by atoms with Crippen molar-refractivity contribution in [1.29, 1.82) is 0 Å². The molecule has 1 saturated heterocycles. The Morgan fingerprint density at radius 3 is 2.11 bits per heavy atom. The number of carbonyl (C=O) groups is 1. The molecule has 0 N–H and O–H groups in total. The fourth-order valence-electron chi connectivity index (χ4n) is 4.79. The molecule has 8 heteroatoms. The molecule has 0 bridgehead atoms. The molecule has 4 rings (SSSR count). The van der Waals surface area contributed by atoms with Crippen molar-refractivity contribution in [2.24, 2.45) is 0 Å². The molecule has 0 aliphatic carbocycles. The average Bonchev–Trinajstić information content (AvgIpc) is 2.94. The zero-order valence-electron chi connectivity index (χ0n) is 23.2. The summed E-state index contributed by atoms with van der Waals surface area (Å²) in [4.78, 5) is 14.9. The Hall–Kier alpha value is -2.36. The highest BCUT2D eigenvalue weighted by atomic mass is 32.2. The molecule has 1 fully saturated rings. The molecule has 0 amide bonds. The van der Waals surface area contributed by atoms with Gasteiger partial charge in [-0.2, -0.15) is 4.31 Å². The van der Waals surface area contributed by atoms with E-state index in [-0.39, 0.29) is 23.5 Å². The summed E-state index contributed by atoms with van der Waals surface area (Å²) < 4.78 is 37.0. The Labute approximate surface area is 229 Å². The minimum absolute atomic E-state index is 0.0370. The molecule has 0 unspecified atom stereocenters. The number of carbonyl (C=O) groups excluding carboxylic acids is 1. The van der Waals surface area contributed by atoms with Crippen LogP contribution in [-0.2, 0) is 19.5 Å².